The predicted molar refractivity (Wildman–Crippen MR) is 368 cm³/mol. The fraction of sp³-hybridized carbons (Fsp3) is 0.471. The molecule has 1 saturated heterocycles. The van der Waals surface area contributed by atoms with Crippen LogP contribution in [0.2, 0.25) is 0 Å². The first-order valence-corrected chi connectivity index (χ1v) is 36.3. The number of aliphatic hydroxyl groups is 3. The van der Waals surface area contributed by atoms with Gasteiger partial charge >= 0.3 is 17.6 Å². The van der Waals surface area contributed by atoms with E-state index in [9.17, 15) is 15.3 Å². The largest absolute Gasteiger partial charge is 0.482 e. The number of carbonyl (C=O) groups is 2. The van der Waals surface area contributed by atoms with Gasteiger partial charge in [0.2, 0.25) is 0 Å². The van der Waals surface area contributed by atoms with Gasteiger partial charge in [-0.1, -0.05) is 153 Å². The zero-order valence-corrected chi connectivity index (χ0v) is 55.3. The highest BCUT2D eigenvalue weighted by Crippen LogP contribution is 2.72. The Labute approximate surface area is 562 Å². The number of hydrogen-bond acceptors (Lipinski definition) is 11. The van der Waals surface area contributed by atoms with Crippen LogP contribution in [0.3, 0.4) is 0 Å². The zero-order valence-electron chi connectivity index (χ0n) is 55.3. The van der Waals surface area contributed by atoms with Crippen molar-refractivity contribution >= 4 is 35.1 Å². The van der Waals surface area contributed by atoms with Gasteiger partial charge in [0.05, 0.1) is 25.4 Å². The van der Waals surface area contributed by atoms with Crippen LogP contribution in [0, 0.1) is 40.4 Å². The highest BCUT2D eigenvalue weighted by atomic mass is 16.6. The summed E-state index contributed by atoms with van der Waals surface area (Å²) in [5.74, 6) is -0.923. The van der Waals surface area contributed by atoms with E-state index in [1.165, 1.54) is 82.0 Å². The second kappa shape index (κ2) is 23.1. The Balaban J connectivity index is 0.874. The third-order valence-corrected chi connectivity index (χ3v) is 27.4. The van der Waals surface area contributed by atoms with Crippen LogP contribution in [-0.4, -0.2) is 65.9 Å². The van der Waals surface area contributed by atoms with E-state index in [2.05, 4.69) is 134 Å². The van der Waals surface area contributed by atoms with Gasteiger partial charge in [0.1, 0.15) is 11.3 Å². The van der Waals surface area contributed by atoms with E-state index in [0.717, 1.165) is 51.4 Å². The quantitative estimate of drug-likeness (QED) is 0.0576. The lowest BCUT2D eigenvalue weighted by molar-refractivity contribution is -0.210. The summed E-state index contributed by atoms with van der Waals surface area (Å²) < 4.78 is 35.2. The average Bonchev–Trinajstić information content (AvgIpc) is 1.37. The van der Waals surface area contributed by atoms with Gasteiger partial charge in [0.15, 0.2) is 17.8 Å². The second-order valence-electron chi connectivity index (χ2n) is 31.3. The zero-order chi connectivity index (χ0) is 65.0. The number of methoxy groups -OCH3 is 1. The number of carbonyl (C=O) groups excluding carboxylic acids is 2. The van der Waals surface area contributed by atoms with Gasteiger partial charge in [0.25, 0.3) is 0 Å². The van der Waals surface area contributed by atoms with Crippen molar-refractivity contribution in [3.05, 3.63) is 227 Å². The SMILES string of the molecule is COC[C@@H](CCO)c1c(CO)c2ccc3c(c2oc1=O)[C@H]1OC(=O)C[C@H]2C[C@H](c4cccc5c4CC[C@@H]4CCC[C@H]6C=Cc7ccccc7[C@@]546)C=C[C@H]2c2ccc4c(c2)[C@@H]2CC5(CCCC5)[C@H]4C/C(=C(\C)CO)C(=O)O[C@@H]1[C@@]1(CC=C[C@]4(C2)[C@H]2C=Cc5ccccc5[C@H]2C[C@@H]41)O3. The molecule has 6 aromatic rings. The third kappa shape index (κ3) is 8.79. The normalized spacial score (nSPS) is 34.3. The van der Waals surface area contributed by atoms with Crippen LogP contribution >= 0.6 is 0 Å². The summed E-state index contributed by atoms with van der Waals surface area (Å²) in [7, 11) is 1.54. The van der Waals surface area contributed by atoms with Crippen molar-refractivity contribution in [1.29, 1.82) is 0 Å². The number of esters is 2. The molecule has 0 unspecified atom stereocenters. The van der Waals surface area contributed by atoms with E-state index in [1.807, 2.05) is 19.1 Å². The molecule has 0 amide bonds. The summed E-state index contributed by atoms with van der Waals surface area (Å²) >= 11 is 0. The number of benzene rings is 5. The molecule has 3 saturated carbocycles. The van der Waals surface area contributed by atoms with E-state index in [-0.39, 0.29) is 108 Å². The molecular formula is C85H88O11. The molecule has 11 heteroatoms. The van der Waals surface area contributed by atoms with Gasteiger partial charge in [-0.05, 0) is 210 Å². The number of ether oxygens (including phenoxy) is 4. The maximum atomic E-state index is 16.5. The molecule has 5 heterocycles. The van der Waals surface area contributed by atoms with Crippen molar-refractivity contribution in [2.75, 3.05) is 26.9 Å². The molecule has 1 aromatic heterocycles. The second-order valence-corrected chi connectivity index (χ2v) is 31.3. The number of allylic oxidation sites excluding steroid dienone is 5. The molecule has 11 nitrogen and oxygen atoms in total. The van der Waals surface area contributed by atoms with Crippen molar-refractivity contribution in [1.82, 2.24) is 0 Å². The van der Waals surface area contributed by atoms with Crippen LogP contribution in [0.15, 0.2) is 154 Å². The molecule has 494 valence electrons. The van der Waals surface area contributed by atoms with Crippen LogP contribution in [0.1, 0.15) is 224 Å². The lowest BCUT2D eigenvalue weighted by Crippen LogP contribution is -2.64. The maximum Gasteiger partial charge on any atom is 0.340 e. The van der Waals surface area contributed by atoms with E-state index in [1.54, 1.807) is 0 Å². The molecule has 16 atom stereocenters. The molecule has 0 radical (unpaired) electrons. The first-order valence-electron chi connectivity index (χ1n) is 36.3. The number of rotatable bonds is 8. The van der Waals surface area contributed by atoms with Gasteiger partial charge in [0, 0.05) is 77.6 Å². The summed E-state index contributed by atoms with van der Waals surface area (Å²) in [4.78, 5) is 47.9. The standard InChI is InChI=1S/C85H88O11/c1-48(45-87)64-41-71-62-27-22-52-39-65(62)55(43-82(71)33-7-8-34-82)44-83-35-11-36-84(73(83)42-66-59-16-5-3-12-49(59)23-30-69(66)83)79(95-80(64)90)78(76-72(96-84)31-29-63-67(46-88)75(81(91)94-77(63)76)53(32-37-86)47-92-2)93-74(89)40-54-38-51(21-26-58(52)54)60-17-10-19-70-61(60)28-25-57-15-9-14-56-24-20-50-13-4-6-18-68(50)85(56,57)70/h3-6,10-13,16-24,26-27,29-31,35,39,51,53-58,66,69,71,73,78-79,86-88H,7-9,14-15,25,28,32-34,36-38,40-47H2,1-2H3/b64-48-/t51-,53-,54-,55-,56+,57+,58+,66-,69+,71+,73+,78-,79+,83+,84+,85+/m1/s1. The topological polar surface area (TPSA) is 162 Å². The molecule has 8 bridgehead atoms. The minimum atomic E-state index is -1.38. The van der Waals surface area contributed by atoms with Gasteiger partial charge in [-0.2, -0.15) is 0 Å². The van der Waals surface area contributed by atoms with E-state index >= 15 is 14.4 Å². The van der Waals surface area contributed by atoms with E-state index in [0.29, 0.717) is 65.4 Å². The van der Waals surface area contributed by atoms with Crippen molar-refractivity contribution < 1.29 is 48.3 Å². The van der Waals surface area contributed by atoms with Gasteiger partial charge in [-0.3, -0.25) is 4.79 Å². The van der Waals surface area contributed by atoms with Crippen molar-refractivity contribution in [3.63, 3.8) is 0 Å². The summed E-state index contributed by atoms with van der Waals surface area (Å²) in [6, 6.07) is 36.0. The van der Waals surface area contributed by atoms with E-state index < -0.39 is 53.3 Å². The lowest BCUT2D eigenvalue weighted by atomic mass is 9.48. The molecule has 19 rings (SSSR count). The van der Waals surface area contributed by atoms with Crippen LogP contribution < -0.4 is 10.4 Å². The average molecular weight is 1290 g/mol. The van der Waals surface area contributed by atoms with Crippen molar-refractivity contribution in [3.8, 4) is 5.75 Å². The molecule has 5 aromatic carbocycles. The predicted octanol–water partition coefficient (Wildman–Crippen LogP) is 15.9. The number of fused-ring (bicyclic) bond motifs is 15. The van der Waals surface area contributed by atoms with Crippen LogP contribution in [0.4, 0.5) is 0 Å². The Morgan fingerprint density at radius 2 is 1.59 bits per heavy atom. The molecule has 4 fully saturated rings. The molecule has 3 N–H and O–H groups in total. The van der Waals surface area contributed by atoms with E-state index in [4.69, 9.17) is 23.4 Å². The fourth-order valence-corrected chi connectivity index (χ4v) is 23.6. The molecule has 13 aliphatic rings. The Morgan fingerprint density at radius 3 is 2.44 bits per heavy atom. The minimum Gasteiger partial charge on any atom is -0.482 e. The Morgan fingerprint density at radius 1 is 0.771 bits per heavy atom. The first kappa shape index (κ1) is 61.0. The third-order valence-electron chi connectivity index (χ3n) is 27.4. The highest BCUT2D eigenvalue weighted by molar-refractivity contribution is 5.91. The molecule has 4 aliphatic heterocycles. The van der Waals surface area contributed by atoms with Crippen molar-refractivity contribution in [2.45, 2.75) is 181 Å². The van der Waals surface area contributed by atoms with Crippen molar-refractivity contribution in [2.24, 2.45) is 40.4 Å². The van der Waals surface area contributed by atoms with Crippen LogP contribution in [-0.2, 0) is 42.2 Å². The fourth-order valence-electron chi connectivity index (χ4n) is 23.6. The smallest absolute Gasteiger partial charge is 0.340 e. The Kier molecular flexibility index (Phi) is 14.7. The lowest BCUT2D eigenvalue weighted by Gasteiger charge is -2.57. The molecule has 3 spiro atoms. The van der Waals surface area contributed by atoms with Crippen LogP contribution in [0.25, 0.3) is 23.1 Å². The van der Waals surface area contributed by atoms with Gasteiger partial charge in [-0.25, -0.2) is 9.59 Å². The molecule has 96 heavy (non-hydrogen) atoms. The van der Waals surface area contributed by atoms with Crippen LogP contribution in [0.5, 0.6) is 5.75 Å². The molecule has 9 aliphatic carbocycles. The van der Waals surface area contributed by atoms with Gasteiger partial charge < -0.3 is 38.7 Å². The highest BCUT2D eigenvalue weighted by Gasteiger charge is 2.70. The Bertz CT molecular complexity index is 4410. The number of aliphatic hydroxyl groups excluding tert-OH is 3. The van der Waals surface area contributed by atoms with Gasteiger partial charge in [-0.15, -0.1) is 0 Å². The summed E-state index contributed by atoms with van der Waals surface area (Å²) in [6.07, 6.45) is 30.8. The summed E-state index contributed by atoms with van der Waals surface area (Å²) in [5, 5.41) is 33.7. The minimum absolute atomic E-state index is 0.00582. The first-order chi connectivity index (χ1) is 46.9. The summed E-state index contributed by atoms with van der Waals surface area (Å²) in [5.41, 5.74) is 12.3. The Hall–Kier alpha value is -7.41. The summed E-state index contributed by atoms with van der Waals surface area (Å²) in [6.45, 7) is 0.804. The maximum absolute atomic E-state index is 16.5. The number of hydrogen-bond donors (Lipinski definition) is 3. The molecular weight excluding hydrogens is 1200 g/mol. The monoisotopic (exact) mass is 1280 g/mol.